The van der Waals surface area contributed by atoms with Crippen molar-refractivity contribution in [3.05, 3.63) is 0 Å². The minimum atomic E-state index is -2.01. The molecule has 0 spiro atoms. The van der Waals surface area contributed by atoms with E-state index in [-0.39, 0.29) is 37.9 Å². The van der Waals surface area contributed by atoms with Gasteiger partial charge in [0, 0.05) is 37.7 Å². The van der Waals surface area contributed by atoms with Crippen LogP contribution in [0.3, 0.4) is 0 Å². The lowest BCUT2D eigenvalue weighted by Gasteiger charge is -2.34. The van der Waals surface area contributed by atoms with Crippen molar-refractivity contribution in [1.29, 1.82) is 0 Å². The molecule has 14 heteroatoms. The van der Waals surface area contributed by atoms with E-state index in [1.54, 1.807) is 0 Å². The Labute approximate surface area is 171 Å². The molecular formula is C14H30N2O10S2. The molecule has 1 fully saturated rings. The zero-order valence-electron chi connectivity index (χ0n) is 15.3. The fraction of sp³-hybridized carbons (Fsp3) is 0.857. The maximum Gasteiger partial charge on any atom is 0.347 e. The Bertz CT molecular complexity index is 377. The molecule has 0 aromatic carbocycles. The van der Waals surface area contributed by atoms with E-state index >= 15 is 0 Å². The minimum absolute atomic E-state index is 0.139. The van der Waals surface area contributed by atoms with Crippen molar-refractivity contribution < 1.29 is 50.4 Å². The van der Waals surface area contributed by atoms with Crippen LogP contribution in [0.1, 0.15) is 0 Å². The lowest BCUT2D eigenvalue weighted by molar-refractivity contribution is -0.150. The maximum absolute atomic E-state index is 10.5. The van der Waals surface area contributed by atoms with Crippen LogP contribution in [-0.2, 0) is 9.59 Å². The summed E-state index contributed by atoms with van der Waals surface area (Å²) in [7, 11) is 0. The van der Waals surface area contributed by atoms with Gasteiger partial charge in [0.15, 0.2) is 0 Å². The largest absolute Gasteiger partial charge is 0.478 e. The number of rotatable bonds is 10. The Morgan fingerprint density at radius 1 is 0.679 bits per heavy atom. The van der Waals surface area contributed by atoms with Gasteiger partial charge in [-0.15, -0.1) is 23.5 Å². The van der Waals surface area contributed by atoms with Gasteiger partial charge in [0.25, 0.3) is 0 Å². The second kappa shape index (κ2) is 17.2. The smallest absolute Gasteiger partial charge is 0.347 e. The molecule has 1 aliphatic heterocycles. The number of nitrogens with one attached hydrogen (secondary N) is 2. The Kier molecular flexibility index (Phi) is 18.1. The van der Waals surface area contributed by atoms with E-state index in [9.17, 15) is 19.8 Å². The van der Waals surface area contributed by atoms with Crippen LogP contribution in [-0.4, -0.2) is 127 Å². The molecule has 28 heavy (non-hydrogen) atoms. The third kappa shape index (κ3) is 13.5. The van der Waals surface area contributed by atoms with Gasteiger partial charge in [-0.25, -0.2) is 9.59 Å². The third-order valence-electron chi connectivity index (χ3n) is 2.84. The van der Waals surface area contributed by atoms with Crippen LogP contribution in [0, 0.1) is 0 Å². The summed E-state index contributed by atoms with van der Waals surface area (Å²) in [6, 6.07) is 0. The van der Waals surface area contributed by atoms with Gasteiger partial charge in [-0.05, 0) is 0 Å². The number of thioether (sulfide) groups is 2. The van der Waals surface area contributed by atoms with Crippen LogP contribution < -0.4 is 10.6 Å². The molecule has 0 amide bonds. The number of aliphatic hydroxyl groups is 6. The van der Waals surface area contributed by atoms with Crippen LogP contribution in [0.4, 0.5) is 0 Å². The summed E-state index contributed by atoms with van der Waals surface area (Å²) in [5.41, 5.74) is 0. The molecule has 1 aliphatic rings. The molecule has 12 nitrogen and oxygen atoms in total. The van der Waals surface area contributed by atoms with Gasteiger partial charge in [0.1, 0.15) is 0 Å². The predicted octanol–water partition coefficient (Wildman–Crippen LogP) is -3.87. The number of aliphatic hydroxyl groups excluding tert-OH is 4. The number of carboxylic acid groups (broad SMARTS) is 2. The highest BCUT2D eigenvalue weighted by atomic mass is 32.2. The van der Waals surface area contributed by atoms with Crippen molar-refractivity contribution in [1.82, 2.24) is 10.6 Å². The second-order valence-corrected chi connectivity index (χ2v) is 7.66. The van der Waals surface area contributed by atoms with Gasteiger partial charge >= 0.3 is 11.9 Å². The molecule has 0 bridgehead atoms. The van der Waals surface area contributed by atoms with E-state index in [0.29, 0.717) is 49.7 Å². The van der Waals surface area contributed by atoms with Crippen LogP contribution in [0.2, 0.25) is 0 Å². The Morgan fingerprint density at radius 2 is 0.929 bits per heavy atom. The number of hydrogen-bond acceptors (Lipinski definition) is 12. The van der Waals surface area contributed by atoms with E-state index < -0.39 is 21.8 Å². The standard InChI is InChI=1S/C6H8O6S2.2C4H11NO2/c7-3(8)5(11)1-13-6(12,2-14-5)4(9)10;2*6-3-1-5-2-4-7/h11-12H,1-2H2,(H,7,8)(H,9,10);2*5-7H,1-4H2. The molecule has 2 atom stereocenters. The number of aliphatic carboxylic acids is 2. The zero-order chi connectivity index (χ0) is 22.1. The molecular weight excluding hydrogens is 420 g/mol. The van der Waals surface area contributed by atoms with Crippen molar-refractivity contribution in [3.63, 3.8) is 0 Å². The Hall–Kier alpha value is -0.680. The molecule has 1 saturated heterocycles. The average Bonchev–Trinajstić information content (AvgIpc) is 2.66. The molecule has 0 aromatic heterocycles. The highest BCUT2D eigenvalue weighted by molar-refractivity contribution is 8.08. The van der Waals surface area contributed by atoms with Crippen LogP contribution in [0.5, 0.6) is 0 Å². The van der Waals surface area contributed by atoms with Crippen LogP contribution in [0.25, 0.3) is 0 Å². The Morgan fingerprint density at radius 3 is 1.07 bits per heavy atom. The van der Waals surface area contributed by atoms with Crippen molar-refractivity contribution in [2.75, 3.05) is 64.1 Å². The highest BCUT2D eigenvalue weighted by Gasteiger charge is 2.50. The molecule has 168 valence electrons. The lowest BCUT2D eigenvalue weighted by atomic mass is 10.4. The van der Waals surface area contributed by atoms with Gasteiger partial charge in [-0.1, -0.05) is 0 Å². The third-order valence-corrected chi connectivity index (χ3v) is 5.92. The quantitative estimate of drug-likeness (QED) is 0.144. The fourth-order valence-electron chi connectivity index (χ4n) is 1.33. The first-order valence-corrected chi connectivity index (χ1v) is 10.1. The van der Waals surface area contributed by atoms with Crippen molar-refractivity contribution in [3.8, 4) is 0 Å². The SMILES string of the molecule is O=C(O)C1(O)CSC(O)(C(=O)O)CS1.OCCNCCO.OCCNCCO. The van der Waals surface area contributed by atoms with E-state index in [1.165, 1.54) is 0 Å². The average molecular weight is 451 g/mol. The normalized spacial score (nSPS) is 23.6. The topological polar surface area (TPSA) is 220 Å². The first kappa shape index (κ1) is 29.5. The highest BCUT2D eigenvalue weighted by Crippen LogP contribution is 2.42. The van der Waals surface area contributed by atoms with Crippen LogP contribution in [0.15, 0.2) is 0 Å². The molecule has 2 unspecified atom stereocenters. The van der Waals surface area contributed by atoms with E-state index in [2.05, 4.69) is 10.6 Å². The number of carboxylic acids is 2. The molecule has 0 aromatic rings. The molecule has 0 aliphatic carbocycles. The number of hydrogen-bond donors (Lipinski definition) is 10. The van der Waals surface area contributed by atoms with Gasteiger partial charge < -0.3 is 51.5 Å². The predicted molar refractivity (Wildman–Crippen MR) is 104 cm³/mol. The van der Waals surface area contributed by atoms with E-state index in [0.717, 1.165) is 0 Å². The molecule has 1 heterocycles. The van der Waals surface area contributed by atoms with Gasteiger partial charge in [-0.3, -0.25) is 0 Å². The van der Waals surface area contributed by atoms with E-state index in [1.807, 2.05) is 0 Å². The van der Waals surface area contributed by atoms with E-state index in [4.69, 9.17) is 30.6 Å². The second-order valence-electron chi connectivity index (χ2n) is 5.15. The van der Waals surface area contributed by atoms with Gasteiger partial charge in [0.2, 0.25) is 9.87 Å². The summed E-state index contributed by atoms with van der Waals surface area (Å²) < 4.78 is 0. The first-order chi connectivity index (χ1) is 13.1. The van der Waals surface area contributed by atoms with Crippen molar-refractivity contribution in [2.24, 2.45) is 0 Å². The van der Waals surface area contributed by atoms with Gasteiger partial charge in [0.05, 0.1) is 26.4 Å². The zero-order valence-corrected chi connectivity index (χ0v) is 16.9. The Balaban J connectivity index is 0. The summed E-state index contributed by atoms with van der Waals surface area (Å²) in [4.78, 5) is 17.1. The van der Waals surface area contributed by atoms with Crippen molar-refractivity contribution >= 4 is 35.5 Å². The molecule has 0 saturated carbocycles. The molecule has 0 radical (unpaired) electrons. The first-order valence-electron chi connectivity index (χ1n) is 8.17. The molecule has 1 rings (SSSR count). The van der Waals surface area contributed by atoms with Crippen molar-refractivity contribution in [2.45, 2.75) is 9.87 Å². The minimum Gasteiger partial charge on any atom is -0.478 e. The summed E-state index contributed by atoms with van der Waals surface area (Å²) in [5.74, 6) is -3.59. The molecule has 10 N–H and O–H groups in total. The van der Waals surface area contributed by atoms with Gasteiger partial charge in [-0.2, -0.15) is 0 Å². The summed E-state index contributed by atoms with van der Waals surface area (Å²) >= 11 is 1.03. The maximum atomic E-state index is 10.5. The summed E-state index contributed by atoms with van der Waals surface area (Å²) in [6.45, 7) is 2.84. The van der Waals surface area contributed by atoms with Crippen LogP contribution >= 0.6 is 23.5 Å². The number of carbonyl (C=O) groups is 2. The fourth-order valence-corrected chi connectivity index (χ4v) is 3.71. The monoisotopic (exact) mass is 450 g/mol. The summed E-state index contributed by atoms with van der Waals surface area (Å²) in [6.07, 6.45) is 0. The summed E-state index contributed by atoms with van der Waals surface area (Å²) in [5, 5.41) is 74.2. The lowest BCUT2D eigenvalue weighted by Crippen LogP contribution is -2.50.